The van der Waals surface area contributed by atoms with Crippen molar-refractivity contribution in [2.45, 2.75) is 20.4 Å². The zero-order valence-corrected chi connectivity index (χ0v) is 15.0. The van der Waals surface area contributed by atoms with Crippen LogP contribution in [0.1, 0.15) is 28.4 Å². The number of rotatable bonds is 6. The normalized spacial score (nSPS) is 11.9. The number of carbonyl (C=O) groups excluding carboxylic acids is 2. The average Bonchev–Trinajstić information content (AvgIpc) is 3.12. The molecule has 1 N–H and O–H groups in total. The van der Waals surface area contributed by atoms with Gasteiger partial charge in [-0.05, 0) is 43.2 Å². The quantitative estimate of drug-likeness (QED) is 0.865. The lowest BCUT2D eigenvalue weighted by molar-refractivity contribution is -0.130. The minimum Gasteiger partial charge on any atom is -0.454 e. The van der Waals surface area contributed by atoms with Crippen molar-refractivity contribution in [2.75, 3.05) is 19.9 Å². The van der Waals surface area contributed by atoms with Gasteiger partial charge in [0.1, 0.15) is 0 Å². The van der Waals surface area contributed by atoms with Gasteiger partial charge in [-0.25, -0.2) is 0 Å². The van der Waals surface area contributed by atoms with Gasteiger partial charge in [-0.15, -0.1) is 0 Å². The van der Waals surface area contributed by atoms with Gasteiger partial charge in [0.25, 0.3) is 5.91 Å². The fourth-order valence-electron chi connectivity index (χ4n) is 2.83. The van der Waals surface area contributed by atoms with Crippen LogP contribution >= 0.6 is 0 Å². The highest BCUT2D eigenvalue weighted by Crippen LogP contribution is 2.32. The molecule has 0 unspecified atom stereocenters. The van der Waals surface area contributed by atoms with Crippen molar-refractivity contribution >= 4 is 11.8 Å². The van der Waals surface area contributed by atoms with Crippen LogP contribution in [0.4, 0.5) is 0 Å². The van der Waals surface area contributed by atoms with Gasteiger partial charge >= 0.3 is 0 Å². The Bertz CT molecular complexity index is 819. The molecule has 136 valence electrons. The first-order valence-corrected chi connectivity index (χ1v) is 8.58. The van der Waals surface area contributed by atoms with E-state index in [-0.39, 0.29) is 25.2 Å². The van der Waals surface area contributed by atoms with Crippen molar-refractivity contribution in [3.05, 3.63) is 59.2 Å². The van der Waals surface area contributed by atoms with Gasteiger partial charge < -0.3 is 19.7 Å². The Morgan fingerprint density at radius 3 is 2.65 bits per heavy atom. The number of benzene rings is 2. The van der Waals surface area contributed by atoms with E-state index in [0.717, 1.165) is 11.1 Å². The Hall–Kier alpha value is -3.02. The number of nitrogens with zero attached hydrogens (tertiary/aromatic N) is 1. The van der Waals surface area contributed by atoms with Crippen LogP contribution in [0.3, 0.4) is 0 Å². The van der Waals surface area contributed by atoms with Crippen molar-refractivity contribution in [3.63, 3.8) is 0 Å². The second-order valence-corrected chi connectivity index (χ2v) is 6.09. The van der Waals surface area contributed by atoms with Crippen molar-refractivity contribution < 1.29 is 19.1 Å². The van der Waals surface area contributed by atoms with Crippen LogP contribution in [0.15, 0.2) is 42.5 Å². The molecular weight excluding hydrogens is 332 g/mol. The molecule has 0 saturated heterocycles. The summed E-state index contributed by atoms with van der Waals surface area (Å²) in [5, 5.41) is 2.71. The van der Waals surface area contributed by atoms with E-state index in [9.17, 15) is 9.59 Å². The first-order chi connectivity index (χ1) is 12.6. The summed E-state index contributed by atoms with van der Waals surface area (Å²) in [7, 11) is 0. The molecule has 6 heteroatoms. The van der Waals surface area contributed by atoms with Crippen molar-refractivity contribution in [2.24, 2.45) is 0 Å². The molecule has 2 amide bonds. The number of aryl methyl sites for hydroxylation is 1. The van der Waals surface area contributed by atoms with E-state index in [1.807, 2.05) is 50.2 Å². The third kappa shape index (κ3) is 3.96. The Labute approximate surface area is 152 Å². The summed E-state index contributed by atoms with van der Waals surface area (Å²) in [5.74, 6) is 1.04. The first-order valence-electron chi connectivity index (χ1n) is 8.58. The molecule has 3 rings (SSSR count). The average molecular weight is 354 g/mol. The molecule has 0 bridgehead atoms. The highest BCUT2D eigenvalue weighted by molar-refractivity contribution is 5.97. The molecule has 26 heavy (non-hydrogen) atoms. The molecule has 0 saturated carbocycles. The van der Waals surface area contributed by atoms with E-state index >= 15 is 0 Å². The summed E-state index contributed by atoms with van der Waals surface area (Å²) in [4.78, 5) is 26.4. The number of likely N-dealkylation sites (N-methyl/N-ethyl adjacent to an activating group) is 1. The minimum absolute atomic E-state index is 0.0362. The smallest absolute Gasteiger partial charge is 0.251 e. The van der Waals surface area contributed by atoms with Gasteiger partial charge in [0, 0.05) is 18.7 Å². The molecule has 2 aromatic carbocycles. The van der Waals surface area contributed by atoms with Crippen LogP contribution < -0.4 is 14.8 Å². The van der Waals surface area contributed by atoms with E-state index in [1.54, 1.807) is 11.0 Å². The molecule has 0 atom stereocenters. The molecule has 6 nitrogen and oxygen atoms in total. The zero-order chi connectivity index (χ0) is 18.5. The molecule has 1 aliphatic rings. The molecule has 0 aliphatic carbocycles. The second kappa shape index (κ2) is 7.91. The number of fused-ring (bicyclic) bond motifs is 1. The summed E-state index contributed by atoms with van der Waals surface area (Å²) in [6.07, 6.45) is 0. The summed E-state index contributed by atoms with van der Waals surface area (Å²) < 4.78 is 10.7. The molecule has 0 spiro atoms. The Kier molecular flexibility index (Phi) is 5.41. The number of amides is 2. The number of hydrogen-bond acceptors (Lipinski definition) is 4. The van der Waals surface area contributed by atoms with E-state index < -0.39 is 0 Å². The number of ether oxygens (including phenoxy) is 2. The van der Waals surface area contributed by atoms with Crippen molar-refractivity contribution in [1.82, 2.24) is 10.2 Å². The maximum Gasteiger partial charge on any atom is 0.251 e. The fraction of sp³-hybridized carbons (Fsp3) is 0.300. The van der Waals surface area contributed by atoms with E-state index in [2.05, 4.69) is 5.32 Å². The third-order valence-corrected chi connectivity index (χ3v) is 4.33. The Morgan fingerprint density at radius 2 is 1.88 bits per heavy atom. The maximum absolute atomic E-state index is 12.5. The summed E-state index contributed by atoms with van der Waals surface area (Å²) in [6, 6.07) is 12.9. The summed E-state index contributed by atoms with van der Waals surface area (Å²) in [5.41, 5.74) is 2.42. The lowest BCUT2D eigenvalue weighted by Crippen LogP contribution is -2.39. The van der Waals surface area contributed by atoms with Crippen LogP contribution in [0.2, 0.25) is 0 Å². The molecular formula is C20H22N2O4. The third-order valence-electron chi connectivity index (χ3n) is 4.33. The predicted octanol–water partition coefficient (Wildman–Crippen LogP) is 2.50. The van der Waals surface area contributed by atoms with Crippen LogP contribution in [0.5, 0.6) is 11.5 Å². The molecule has 1 aliphatic heterocycles. The van der Waals surface area contributed by atoms with Crippen LogP contribution in [-0.2, 0) is 11.3 Å². The topological polar surface area (TPSA) is 67.9 Å². The minimum atomic E-state index is -0.240. The van der Waals surface area contributed by atoms with Gasteiger partial charge in [0.15, 0.2) is 11.5 Å². The fourth-order valence-corrected chi connectivity index (χ4v) is 2.83. The molecule has 2 aromatic rings. The second-order valence-electron chi connectivity index (χ2n) is 6.09. The molecule has 0 aromatic heterocycles. The van der Waals surface area contributed by atoms with Gasteiger partial charge in [-0.1, -0.05) is 24.3 Å². The summed E-state index contributed by atoms with van der Waals surface area (Å²) in [6.45, 7) is 4.97. The van der Waals surface area contributed by atoms with Crippen LogP contribution in [0.25, 0.3) is 0 Å². The number of nitrogens with one attached hydrogen (secondary N) is 1. The van der Waals surface area contributed by atoms with E-state index in [1.165, 1.54) is 0 Å². The lowest BCUT2D eigenvalue weighted by atomic mass is 10.1. The van der Waals surface area contributed by atoms with Crippen LogP contribution in [-0.4, -0.2) is 36.6 Å². The highest BCUT2D eigenvalue weighted by Gasteiger charge is 2.17. The predicted molar refractivity (Wildman–Crippen MR) is 97.2 cm³/mol. The Morgan fingerprint density at radius 1 is 1.12 bits per heavy atom. The van der Waals surface area contributed by atoms with Crippen LogP contribution in [0, 0.1) is 6.92 Å². The largest absolute Gasteiger partial charge is 0.454 e. The monoisotopic (exact) mass is 354 g/mol. The zero-order valence-electron chi connectivity index (χ0n) is 15.0. The standard InChI is InChI=1S/C20H22N2O4/c1-3-22(12-15-8-9-17-18(10-15)26-13-25-17)19(23)11-21-20(24)16-7-5-4-6-14(16)2/h4-10H,3,11-13H2,1-2H3,(H,21,24). The summed E-state index contributed by atoms with van der Waals surface area (Å²) >= 11 is 0. The van der Waals surface area contributed by atoms with Gasteiger partial charge in [-0.2, -0.15) is 0 Å². The Balaban J connectivity index is 1.59. The number of carbonyl (C=O) groups is 2. The van der Waals surface area contributed by atoms with Crippen molar-refractivity contribution in [1.29, 1.82) is 0 Å². The first kappa shape index (κ1) is 17.8. The van der Waals surface area contributed by atoms with Gasteiger partial charge in [0.2, 0.25) is 12.7 Å². The number of hydrogen-bond donors (Lipinski definition) is 1. The van der Waals surface area contributed by atoms with Gasteiger partial charge in [-0.3, -0.25) is 9.59 Å². The van der Waals surface area contributed by atoms with E-state index in [0.29, 0.717) is 30.2 Å². The van der Waals surface area contributed by atoms with E-state index in [4.69, 9.17) is 9.47 Å². The van der Waals surface area contributed by atoms with Gasteiger partial charge in [0.05, 0.1) is 6.54 Å². The maximum atomic E-state index is 12.5. The molecule has 0 fully saturated rings. The SMILES string of the molecule is CCN(Cc1ccc2c(c1)OCO2)C(=O)CNC(=O)c1ccccc1C. The van der Waals surface area contributed by atoms with Crippen molar-refractivity contribution in [3.8, 4) is 11.5 Å². The highest BCUT2D eigenvalue weighted by atomic mass is 16.7. The molecule has 0 radical (unpaired) electrons. The lowest BCUT2D eigenvalue weighted by Gasteiger charge is -2.21. The molecule has 1 heterocycles.